The highest BCUT2D eigenvalue weighted by molar-refractivity contribution is 5.73. The summed E-state index contributed by atoms with van der Waals surface area (Å²) in [7, 11) is 0. The van der Waals surface area contributed by atoms with Gasteiger partial charge in [-0.2, -0.15) is 0 Å². The van der Waals surface area contributed by atoms with Gasteiger partial charge in [0.05, 0.1) is 6.33 Å². The van der Waals surface area contributed by atoms with Gasteiger partial charge in [0.1, 0.15) is 5.69 Å². The van der Waals surface area contributed by atoms with Crippen molar-refractivity contribution in [1.82, 2.24) is 19.4 Å². The Morgan fingerprint density at radius 2 is 1.96 bits per heavy atom. The molecule has 2 saturated heterocycles. The van der Waals surface area contributed by atoms with Crippen molar-refractivity contribution < 1.29 is 13.6 Å². The van der Waals surface area contributed by atoms with E-state index >= 15 is 0 Å². The Hall–Kier alpha value is -1.83. The molecule has 1 unspecified atom stereocenters. The van der Waals surface area contributed by atoms with Crippen LogP contribution < -0.4 is 5.56 Å². The molecule has 144 valence electrons. The number of carbonyl (C=O) groups is 1. The molecule has 3 heterocycles. The van der Waals surface area contributed by atoms with Gasteiger partial charge in [-0.15, -0.1) is 0 Å². The summed E-state index contributed by atoms with van der Waals surface area (Å²) in [5.74, 6) is 0.497. The predicted octanol–water partition coefficient (Wildman–Crippen LogP) is 1.90. The highest BCUT2D eigenvalue weighted by atomic mass is 19.3. The van der Waals surface area contributed by atoms with Gasteiger partial charge in [-0.1, -0.05) is 0 Å². The number of hydrogen-bond acceptors (Lipinski definition) is 4. The fourth-order valence-electron chi connectivity index (χ4n) is 4.06. The molecule has 1 amide bonds. The number of rotatable bonds is 5. The van der Waals surface area contributed by atoms with E-state index < -0.39 is 17.7 Å². The van der Waals surface area contributed by atoms with Crippen LogP contribution in [0, 0.1) is 5.92 Å². The van der Waals surface area contributed by atoms with Gasteiger partial charge in [0.25, 0.3) is 12.0 Å². The second kappa shape index (κ2) is 8.24. The van der Waals surface area contributed by atoms with E-state index in [1.54, 1.807) is 6.92 Å². The van der Waals surface area contributed by atoms with Gasteiger partial charge in [-0.25, -0.2) is 13.8 Å². The molecule has 3 rings (SSSR count). The molecule has 2 aliphatic rings. The molecule has 1 aromatic rings. The smallest absolute Gasteiger partial charge is 0.280 e. The molecule has 6 nitrogen and oxygen atoms in total. The van der Waals surface area contributed by atoms with Crippen molar-refractivity contribution in [3.63, 3.8) is 0 Å². The average molecular weight is 368 g/mol. The molecule has 0 spiro atoms. The summed E-state index contributed by atoms with van der Waals surface area (Å²) in [4.78, 5) is 31.7. The maximum Gasteiger partial charge on any atom is 0.280 e. The first kappa shape index (κ1) is 18.9. The minimum absolute atomic E-state index is 0.154. The highest BCUT2D eigenvalue weighted by Gasteiger charge is 2.29. The van der Waals surface area contributed by atoms with Crippen LogP contribution in [0.1, 0.15) is 44.7 Å². The third-order valence-corrected chi connectivity index (χ3v) is 5.54. The molecule has 2 fully saturated rings. The molecule has 0 bridgehead atoms. The molecular weight excluding hydrogens is 342 g/mol. The van der Waals surface area contributed by atoms with Gasteiger partial charge >= 0.3 is 0 Å². The number of halogens is 2. The fourth-order valence-corrected chi connectivity index (χ4v) is 4.06. The minimum atomic E-state index is -2.72. The standard InChI is InChI=1S/C18H26F2N4O2/c1-13(25)24-6-2-3-15(24)11-22-7-4-14(5-8-22)10-23-12-21-16(18(19)20)9-17(23)26/h9,12,14-15,18H,2-8,10-11H2,1H3. The highest BCUT2D eigenvalue weighted by Crippen LogP contribution is 2.23. The van der Waals surface area contributed by atoms with Crippen molar-refractivity contribution in [1.29, 1.82) is 0 Å². The van der Waals surface area contributed by atoms with Crippen molar-refractivity contribution >= 4 is 5.91 Å². The van der Waals surface area contributed by atoms with Crippen LogP contribution in [0.25, 0.3) is 0 Å². The van der Waals surface area contributed by atoms with Crippen LogP contribution in [0.2, 0.25) is 0 Å². The summed E-state index contributed by atoms with van der Waals surface area (Å²) >= 11 is 0. The van der Waals surface area contributed by atoms with Crippen LogP contribution in [0.3, 0.4) is 0 Å². The van der Waals surface area contributed by atoms with E-state index in [-0.39, 0.29) is 5.91 Å². The van der Waals surface area contributed by atoms with Crippen LogP contribution in [-0.2, 0) is 11.3 Å². The number of likely N-dealkylation sites (tertiary alicyclic amines) is 2. The lowest BCUT2D eigenvalue weighted by atomic mass is 9.96. The summed E-state index contributed by atoms with van der Waals surface area (Å²) in [6.45, 7) is 5.80. The Labute approximate surface area is 151 Å². The van der Waals surface area contributed by atoms with E-state index in [9.17, 15) is 18.4 Å². The quantitative estimate of drug-likeness (QED) is 0.797. The Kier molecular flexibility index (Phi) is 6.01. The van der Waals surface area contributed by atoms with E-state index in [2.05, 4.69) is 9.88 Å². The first-order valence-corrected chi connectivity index (χ1v) is 9.28. The molecular formula is C18H26F2N4O2. The molecule has 0 saturated carbocycles. The Balaban J connectivity index is 1.50. The SMILES string of the molecule is CC(=O)N1CCCC1CN1CCC(Cn2cnc(C(F)F)cc2=O)CC1. The normalized spacial score (nSPS) is 22.3. The lowest BCUT2D eigenvalue weighted by Gasteiger charge is -2.35. The monoisotopic (exact) mass is 368 g/mol. The minimum Gasteiger partial charge on any atom is -0.339 e. The molecule has 0 aliphatic carbocycles. The van der Waals surface area contributed by atoms with Crippen molar-refractivity contribution in [2.45, 2.75) is 51.6 Å². The van der Waals surface area contributed by atoms with Crippen molar-refractivity contribution in [2.24, 2.45) is 5.92 Å². The zero-order valence-electron chi connectivity index (χ0n) is 15.1. The molecule has 1 atom stereocenters. The Morgan fingerprint density at radius 3 is 2.58 bits per heavy atom. The van der Waals surface area contributed by atoms with Gasteiger partial charge in [-0.3, -0.25) is 14.2 Å². The summed E-state index contributed by atoms with van der Waals surface area (Å²) in [5, 5.41) is 0. The van der Waals surface area contributed by atoms with Crippen molar-refractivity contribution in [2.75, 3.05) is 26.2 Å². The van der Waals surface area contributed by atoms with Crippen LogP contribution >= 0.6 is 0 Å². The zero-order valence-corrected chi connectivity index (χ0v) is 15.1. The van der Waals surface area contributed by atoms with Gasteiger partial charge in [0.15, 0.2) is 0 Å². The molecule has 0 radical (unpaired) electrons. The second-order valence-corrected chi connectivity index (χ2v) is 7.36. The summed E-state index contributed by atoms with van der Waals surface area (Å²) in [6, 6.07) is 1.24. The fraction of sp³-hybridized carbons (Fsp3) is 0.722. The number of amides is 1. The first-order chi connectivity index (χ1) is 12.4. The lowest BCUT2D eigenvalue weighted by Crippen LogP contribution is -2.45. The maximum atomic E-state index is 12.6. The first-order valence-electron chi connectivity index (χ1n) is 9.28. The predicted molar refractivity (Wildman–Crippen MR) is 93.0 cm³/mol. The van der Waals surface area contributed by atoms with Crippen LogP contribution in [0.4, 0.5) is 8.78 Å². The largest absolute Gasteiger partial charge is 0.339 e. The molecule has 8 heteroatoms. The average Bonchev–Trinajstić information content (AvgIpc) is 3.06. The number of alkyl halides is 2. The topological polar surface area (TPSA) is 58.4 Å². The molecule has 26 heavy (non-hydrogen) atoms. The number of nitrogens with zero attached hydrogens (tertiary/aromatic N) is 4. The molecule has 2 aliphatic heterocycles. The lowest BCUT2D eigenvalue weighted by molar-refractivity contribution is -0.130. The second-order valence-electron chi connectivity index (χ2n) is 7.36. The van der Waals surface area contributed by atoms with Crippen molar-refractivity contribution in [3.8, 4) is 0 Å². The third kappa shape index (κ3) is 4.47. The Morgan fingerprint density at radius 1 is 1.23 bits per heavy atom. The zero-order chi connectivity index (χ0) is 18.7. The van der Waals surface area contributed by atoms with Gasteiger partial charge in [-0.05, 0) is 44.7 Å². The van der Waals surface area contributed by atoms with Gasteiger partial charge in [0.2, 0.25) is 5.91 Å². The summed E-state index contributed by atoms with van der Waals surface area (Å²) in [5.41, 5.74) is -0.881. The molecule has 1 aromatic heterocycles. The number of carbonyl (C=O) groups excluding carboxylic acids is 1. The van der Waals surface area contributed by atoms with E-state index in [0.29, 0.717) is 18.5 Å². The van der Waals surface area contributed by atoms with Crippen molar-refractivity contribution in [3.05, 3.63) is 28.4 Å². The van der Waals surface area contributed by atoms with E-state index in [0.717, 1.165) is 57.9 Å². The summed E-state index contributed by atoms with van der Waals surface area (Å²) < 4.78 is 26.6. The number of hydrogen-bond donors (Lipinski definition) is 0. The maximum absolute atomic E-state index is 12.6. The van der Waals surface area contributed by atoms with Gasteiger partial charge in [0, 0.05) is 38.7 Å². The molecule has 0 aromatic carbocycles. The number of aromatic nitrogens is 2. The van der Waals surface area contributed by atoms with E-state index in [4.69, 9.17) is 0 Å². The van der Waals surface area contributed by atoms with Crippen LogP contribution in [0.5, 0.6) is 0 Å². The van der Waals surface area contributed by atoms with Crippen LogP contribution in [-0.4, -0.2) is 57.5 Å². The van der Waals surface area contributed by atoms with E-state index in [1.165, 1.54) is 10.9 Å². The van der Waals surface area contributed by atoms with Crippen LogP contribution in [0.15, 0.2) is 17.2 Å². The van der Waals surface area contributed by atoms with Gasteiger partial charge < -0.3 is 9.80 Å². The summed E-state index contributed by atoms with van der Waals surface area (Å²) in [6.07, 6.45) is 2.57. The number of piperidine rings is 1. The Bertz CT molecular complexity index is 686. The van der Waals surface area contributed by atoms with E-state index in [1.807, 2.05) is 4.90 Å². The molecule has 0 N–H and O–H groups in total. The third-order valence-electron chi connectivity index (χ3n) is 5.54.